The second kappa shape index (κ2) is 7.84. The molecule has 1 aromatic heterocycles. The molecular formula is C18H12Cl3F2N3O. The monoisotopic (exact) mass is 429 g/mol. The molecule has 3 aromatic rings. The average Bonchev–Trinajstić information content (AvgIpc) is 3.01. The molecule has 4 nitrogen and oxygen atoms in total. The summed E-state index contributed by atoms with van der Waals surface area (Å²) in [4.78, 5) is 12.6. The molecular weight excluding hydrogens is 419 g/mol. The van der Waals surface area contributed by atoms with Gasteiger partial charge in [0.15, 0.2) is 0 Å². The maximum absolute atomic E-state index is 13.8. The molecule has 3 rings (SSSR count). The summed E-state index contributed by atoms with van der Waals surface area (Å²) in [6.07, 6.45) is 1.41. The number of alkyl halides is 1. The van der Waals surface area contributed by atoms with Gasteiger partial charge < -0.3 is 5.32 Å². The summed E-state index contributed by atoms with van der Waals surface area (Å²) in [5.41, 5.74) is 1.19. The van der Waals surface area contributed by atoms with Crippen molar-refractivity contribution in [3.63, 3.8) is 0 Å². The van der Waals surface area contributed by atoms with Gasteiger partial charge in [-0.3, -0.25) is 9.48 Å². The number of carbonyl (C=O) groups excluding carboxylic acids is 1. The van der Waals surface area contributed by atoms with Crippen molar-refractivity contribution in [3.05, 3.63) is 68.7 Å². The van der Waals surface area contributed by atoms with Crippen LogP contribution in [0.1, 0.15) is 16.1 Å². The summed E-state index contributed by atoms with van der Waals surface area (Å²) < 4.78 is 28.2. The number of halogens is 5. The standard InChI is InChI=1S/C18H12Cl3F2N3O/c1-26-8-12(16(7-22)25-26)18(27)24-15-3-2-10(23)6-11(15)9-4-13(19)17(21)14(20)5-9/h2-6,8H,7H2,1H3,(H,24,27). The topological polar surface area (TPSA) is 46.9 Å². The molecule has 1 N–H and O–H groups in total. The van der Waals surface area contributed by atoms with E-state index < -0.39 is 18.4 Å². The van der Waals surface area contributed by atoms with Crippen LogP contribution in [0.25, 0.3) is 11.1 Å². The Kier molecular flexibility index (Phi) is 5.69. The molecule has 0 fully saturated rings. The summed E-state index contributed by atoms with van der Waals surface area (Å²) in [7, 11) is 1.58. The molecule has 0 spiro atoms. The highest BCUT2D eigenvalue weighted by Crippen LogP contribution is 2.38. The van der Waals surface area contributed by atoms with Crippen LogP contribution < -0.4 is 5.32 Å². The molecule has 0 radical (unpaired) electrons. The summed E-state index contributed by atoms with van der Waals surface area (Å²) >= 11 is 18.1. The van der Waals surface area contributed by atoms with Gasteiger partial charge in [-0.1, -0.05) is 34.8 Å². The van der Waals surface area contributed by atoms with E-state index in [1.807, 2.05) is 0 Å². The first-order chi connectivity index (χ1) is 12.8. The van der Waals surface area contributed by atoms with E-state index in [1.165, 1.54) is 41.2 Å². The average molecular weight is 431 g/mol. The molecule has 140 valence electrons. The molecule has 0 bridgehead atoms. The Labute approximate surface area is 168 Å². The molecule has 0 saturated carbocycles. The highest BCUT2D eigenvalue weighted by Gasteiger charge is 2.18. The molecule has 27 heavy (non-hydrogen) atoms. The van der Waals surface area contributed by atoms with Crippen LogP contribution in [-0.4, -0.2) is 15.7 Å². The smallest absolute Gasteiger partial charge is 0.259 e. The van der Waals surface area contributed by atoms with Crippen LogP contribution >= 0.6 is 34.8 Å². The van der Waals surface area contributed by atoms with Gasteiger partial charge in [0.05, 0.1) is 20.6 Å². The van der Waals surface area contributed by atoms with E-state index in [0.29, 0.717) is 16.8 Å². The van der Waals surface area contributed by atoms with Gasteiger partial charge in [-0.25, -0.2) is 8.78 Å². The first-order valence-corrected chi connectivity index (χ1v) is 8.78. The summed E-state index contributed by atoms with van der Waals surface area (Å²) in [6.45, 7) is -0.887. The fourth-order valence-corrected chi connectivity index (χ4v) is 3.18. The Morgan fingerprint density at radius 2 is 1.85 bits per heavy atom. The zero-order chi connectivity index (χ0) is 19.7. The van der Waals surface area contributed by atoms with E-state index in [1.54, 1.807) is 7.05 Å². The number of hydrogen-bond donors (Lipinski definition) is 1. The number of anilines is 1. The minimum Gasteiger partial charge on any atom is -0.321 e. The van der Waals surface area contributed by atoms with Crippen LogP contribution in [-0.2, 0) is 13.7 Å². The van der Waals surface area contributed by atoms with E-state index in [-0.39, 0.29) is 26.3 Å². The molecule has 0 aliphatic carbocycles. The number of nitrogens with zero attached hydrogens (tertiary/aromatic N) is 2. The number of aryl methyl sites for hydroxylation is 1. The van der Waals surface area contributed by atoms with Gasteiger partial charge in [-0.15, -0.1) is 0 Å². The lowest BCUT2D eigenvalue weighted by atomic mass is 10.0. The number of nitrogens with one attached hydrogen (secondary N) is 1. The number of rotatable bonds is 4. The summed E-state index contributed by atoms with van der Waals surface area (Å²) in [5, 5.41) is 7.09. The van der Waals surface area contributed by atoms with Gasteiger partial charge in [-0.05, 0) is 35.9 Å². The van der Waals surface area contributed by atoms with Crippen LogP contribution in [0, 0.1) is 5.82 Å². The highest BCUT2D eigenvalue weighted by molar-refractivity contribution is 6.48. The Bertz CT molecular complexity index is 1010. The van der Waals surface area contributed by atoms with Gasteiger partial charge in [-0.2, -0.15) is 5.10 Å². The Hall–Kier alpha value is -2.15. The van der Waals surface area contributed by atoms with Crippen molar-refractivity contribution in [2.45, 2.75) is 6.67 Å². The third kappa shape index (κ3) is 4.08. The quantitative estimate of drug-likeness (QED) is 0.523. The molecule has 0 unspecified atom stereocenters. The highest BCUT2D eigenvalue weighted by atomic mass is 35.5. The van der Waals surface area contributed by atoms with Crippen molar-refractivity contribution < 1.29 is 13.6 Å². The molecule has 0 aliphatic rings. The summed E-state index contributed by atoms with van der Waals surface area (Å²) in [6, 6.07) is 6.83. The number of amides is 1. The predicted octanol–water partition coefficient (Wildman–Crippen LogP) is 5.91. The second-order valence-corrected chi connectivity index (χ2v) is 6.89. The maximum Gasteiger partial charge on any atom is 0.259 e. The molecule has 2 aromatic carbocycles. The normalized spacial score (nSPS) is 10.9. The molecule has 0 aliphatic heterocycles. The lowest BCUT2D eigenvalue weighted by Crippen LogP contribution is -2.14. The van der Waals surface area contributed by atoms with Crippen LogP contribution in [0.15, 0.2) is 36.5 Å². The van der Waals surface area contributed by atoms with E-state index >= 15 is 0 Å². The van der Waals surface area contributed by atoms with Crippen molar-refractivity contribution in [2.75, 3.05) is 5.32 Å². The maximum atomic E-state index is 13.8. The van der Waals surface area contributed by atoms with Crippen LogP contribution in [0.2, 0.25) is 15.1 Å². The second-order valence-electron chi connectivity index (χ2n) is 5.69. The number of carbonyl (C=O) groups is 1. The first kappa shape index (κ1) is 19.6. The minimum atomic E-state index is -0.887. The van der Waals surface area contributed by atoms with Crippen LogP contribution in [0.4, 0.5) is 14.5 Å². The van der Waals surface area contributed by atoms with Crippen molar-refractivity contribution in [1.29, 1.82) is 0 Å². The Morgan fingerprint density at radius 1 is 1.19 bits per heavy atom. The first-order valence-electron chi connectivity index (χ1n) is 7.64. The largest absolute Gasteiger partial charge is 0.321 e. The van der Waals surface area contributed by atoms with Crippen molar-refractivity contribution >= 4 is 46.4 Å². The fraction of sp³-hybridized carbons (Fsp3) is 0.111. The molecule has 0 atom stereocenters. The predicted molar refractivity (Wildman–Crippen MR) is 103 cm³/mol. The van der Waals surface area contributed by atoms with E-state index in [4.69, 9.17) is 34.8 Å². The van der Waals surface area contributed by atoms with Crippen molar-refractivity contribution in [3.8, 4) is 11.1 Å². The van der Waals surface area contributed by atoms with Crippen molar-refractivity contribution in [2.24, 2.45) is 7.05 Å². The molecule has 9 heteroatoms. The third-order valence-corrected chi connectivity index (χ3v) is 5.00. The zero-order valence-electron chi connectivity index (χ0n) is 13.9. The fourth-order valence-electron chi connectivity index (χ4n) is 2.59. The third-order valence-electron chi connectivity index (χ3n) is 3.80. The molecule has 1 amide bonds. The minimum absolute atomic E-state index is 0.0104. The van der Waals surface area contributed by atoms with Gasteiger partial charge in [0, 0.05) is 24.5 Å². The Balaban J connectivity index is 2.03. The van der Waals surface area contributed by atoms with Crippen LogP contribution in [0.5, 0.6) is 0 Å². The van der Waals surface area contributed by atoms with Crippen molar-refractivity contribution in [1.82, 2.24) is 9.78 Å². The van der Waals surface area contributed by atoms with E-state index in [0.717, 1.165) is 0 Å². The number of hydrogen-bond acceptors (Lipinski definition) is 2. The van der Waals surface area contributed by atoms with E-state index in [9.17, 15) is 13.6 Å². The van der Waals surface area contributed by atoms with Gasteiger partial charge in [0.25, 0.3) is 5.91 Å². The van der Waals surface area contributed by atoms with Crippen LogP contribution in [0.3, 0.4) is 0 Å². The Morgan fingerprint density at radius 3 is 2.48 bits per heavy atom. The molecule has 1 heterocycles. The van der Waals surface area contributed by atoms with E-state index in [2.05, 4.69) is 10.4 Å². The van der Waals surface area contributed by atoms with Gasteiger partial charge >= 0.3 is 0 Å². The number of aromatic nitrogens is 2. The lowest BCUT2D eigenvalue weighted by molar-refractivity contribution is 0.102. The number of benzene rings is 2. The van der Waals surface area contributed by atoms with Gasteiger partial charge in [0.1, 0.15) is 18.2 Å². The molecule has 0 saturated heterocycles. The lowest BCUT2D eigenvalue weighted by Gasteiger charge is -2.13. The SMILES string of the molecule is Cn1cc(C(=O)Nc2ccc(F)cc2-c2cc(Cl)c(Cl)c(Cl)c2)c(CF)n1. The summed E-state index contributed by atoms with van der Waals surface area (Å²) in [5.74, 6) is -1.09. The zero-order valence-corrected chi connectivity index (χ0v) is 16.1. The van der Waals surface area contributed by atoms with Gasteiger partial charge in [0.2, 0.25) is 0 Å².